The van der Waals surface area contributed by atoms with E-state index in [9.17, 15) is 4.79 Å². The maximum Gasteiger partial charge on any atom is 0.193 e. The number of aryl methyl sites for hydroxylation is 2. The topological polar surface area (TPSA) is 25.2 Å². The van der Waals surface area contributed by atoms with E-state index in [1.165, 1.54) is 19.3 Å². The van der Waals surface area contributed by atoms with Crippen molar-refractivity contribution in [1.82, 2.24) is 9.47 Å². The molecule has 1 aliphatic rings. The van der Waals surface area contributed by atoms with E-state index in [0.717, 1.165) is 40.6 Å². The van der Waals surface area contributed by atoms with Gasteiger partial charge >= 0.3 is 0 Å². The Morgan fingerprint density at radius 3 is 2.43 bits per heavy atom. The van der Waals surface area contributed by atoms with Crippen LogP contribution in [-0.2, 0) is 0 Å². The van der Waals surface area contributed by atoms with Crippen molar-refractivity contribution in [3.63, 3.8) is 0 Å². The molecular weight excluding hydrogens is 308 g/mol. The number of piperidine rings is 1. The highest BCUT2D eigenvalue weighted by molar-refractivity contribution is 6.30. The van der Waals surface area contributed by atoms with Crippen molar-refractivity contribution in [3.05, 3.63) is 52.3 Å². The van der Waals surface area contributed by atoms with Gasteiger partial charge in [-0.15, -0.1) is 0 Å². The second-order valence-electron chi connectivity index (χ2n) is 6.41. The fourth-order valence-corrected chi connectivity index (χ4v) is 3.82. The van der Waals surface area contributed by atoms with Crippen molar-refractivity contribution < 1.29 is 4.79 Å². The summed E-state index contributed by atoms with van der Waals surface area (Å²) in [4.78, 5) is 15.0. The third kappa shape index (κ3) is 3.51. The molecule has 0 unspecified atom stereocenters. The van der Waals surface area contributed by atoms with Gasteiger partial charge in [0.05, 0.1) is 17.9 Å². The lowest BCUT2D eigenvalue weighted by Crippen LogP contribution is -2.35. The lowest BCUT2D eigenvalue weighted by molar-refractivity contribution is 0.0909. The standard InChI is InChI=1S/C19H23ClN2O/c1-14-11-16(20)12-15(2)19(14)22-10-6-7-17(22)18(23)13-21-8-4-3-5-9-21/h6-7,10-12H,3-5,8-9,13H2,1-2H3. The molecule has 122 valence electrons. The highest BCUT2D eigenvalue weighted by atomic mass is 35.5. The van der Waals surface area contributed by atoms with Gasteiger partial charge in [0, 0.05) is 11.2 Å². The van der Waals surface area contributed by atoms with Crippen LogP contribution in [0.15, 0.2) is 30.5 Å². The van der Waals surface area contributed by atoms with Crippen LogP contribution < -0.4 is 0 Å². The number of halogens is 1. The molecule has 23 heavy (non-hydrogen) atoms. The molecule has 3 nitrogen and oxygen atoms in total. The van der Waals surface area contributed by atoms with E-state index >= 15 is 0 Å². The van der Waals surface area contributed by atoms with Crippen molar-refractivity contribution in [2.24, 2.45) is 0 Å². The number of ketones is 1. The van der Waals surface area contributed by atoms with Crippen molar-refractivity contribution in [3.8, 4) is 5.69 Å². The molecule has 0 saturated carbocycles. The molecule has 0 bridgehead atoms. The third-order valence-electron chi connectivity index (χ3n) is 4.55. The smallest absolute Gasteiger partial charge is 0.193 e. The molecule has 1 aromatic carbocycles. The lowest BCUT2D eigenvalue weighted by atomic mass is 10.1. The molecule has 0 amide bonds. The van der Waals surface area contributed by atoms with Crippen LogP contribution in [0.2, 0.25) is 5.02 Å². The highest BCUT2D eigenvalue weighted by Crippen LogP contribution is 2.25. The Bertz CT molecular complexity index is 691. The molecule has 0 N–H and O–H groups in total. The van der Waals surface area contributed by atoms with Crippen LogP contribution >= 0.6 is 11.6 Å². The van der Waals surface area contributed by atoms with Crippen molar-refractivity contribution >= 4 is 17.4 Å². The predicted molar refractivity (Wildman–Crippen MR) is 94.9 cm³/mol. The number of nitrogens with zero attached hydrogens (tertiary/aromatic N) is 2. The molecule has 0 radical (unpaired) electrons. The fraction of sp³-hybridized carbons (Fsp3) is 0.421. The number of hydrogen-bond acceptors (Lipinski definition) is 2. The molecule has 0 spiro atoms. The van der Waals surface area contributed by atoms with Gasteiger partial charge in [0.2, 0.25) is 0 Å². The second-order valence-corrected chi connectivity index (χ2v) is 6.85. The Morgan fingerprint density at radius 1 is 1.13 bits per heavy atom. The minimum atomic E-state index is 0.186. The zero-order chi connectivity index (χ0) is 16.4. The molecule has 1 fully saturated rings. The fourth-order valence-electron chi connectivity index (χ4n) is 3.49. The molecule has 1 saturated heterocycles. The second kappa shape index (κ2) is 6.90. The number of benzene rings is 1. The van der Waals surface area contributed by atoms with E-state index in [0.29, 0.717) is 6.54 Å². The van der Waals surface area contributed by atoms with Crippen molar-refractivity contribution in [2.45, 2.75) is 33.1 Å². The van der Waals surface area contributed by atoms with Crippen LogP contribution in [0.5, 0.6) is 0 Å². The summed E-state index contributed by atoms with van der Waals surface area (Å²) in [6.07, 6.45) is 5.64. The van der Waals surface area contributed by atoms with E-state index in [1.807, 2.05) is 48.9 Å². The van der Waals surface area contributed by atoms with Crippen molar-refractivity contribution in [2.75, 3.05) is 19.6 Å². The number of likely N-dealkylation sites (tertiary alicyclic amines) is 1. The Balaban J connectivity index is 1.89. The molecule has 0 aliphatic carbocycles. The highest BCUT2D eigenvalue weighted by Gasteiger charge is 2.19. The Kier molecular flexibility index (Phi) is 4.88. The number of aromatic nitrogens is 1. The monoisotopic (exact) mass is 330 g/mol. The number of Topliss-reactive ketones (excluding diaryl/α,β-unsaturated/α-hetero) is 1. The SMILES string of the molecule is Cc1cc(Cl)cc(C)c1-n1cccc1C(=O)CN1CCCCC1. The first-order valence-electron chi connectivity index (χ1n) is 8.26. The van der Waals surface area contributed by atoms with Crippen LogP contribution in [0.3, 0.4) is 0 Å². The summed E-state index contributed by atoms with van der Waals surface area (Å²) >= 11 is 6.13. The van der Waals surface area contributed by atoms with Gasteiger partial charge in [-0.05, 0) is 75.2 Å². The average Bonchev–Trinajstić information content (AvgIpc) is 2.96. The van der Waals surface area contributed by atoms with E-state index in [4.69, 9.17) is 11.6 Å². The molecule has 1 aliphatic heterocycles. The van der Waals surface area contributed by atoms with Gasteiger partial charge < -0.3 is 4.57 Å². The number of carbonyl (C=O) groups is 1. The van der Waals surface area contributed by atoms with Crippen LogP contribution in [0.25, 0.3) is 5.69 Å². The molecule has 1 aromatic heterocycles. The molecule has 0 atom stereocenters. The van der Waals surface area contributed by atoms with Gasteiger partial charge in [-0.25, -0.2) is 0 Å². The first-order chi connectivity index (χ1) is 11.1. The first-order valence-corrected chi connectivity index (χ1v) is 8.64. The largest absolute Gasteiger partial charge is 0.313 e. The number of rotatable bonds is 4. The predicted octanol–water partition coefficient (Wildman–Crippen LogP) is 4.42. The summed E-state index contributed by atoms with van der Waals surface area (Å²) in [7, 11) is 0. The zero-order valence-electron chi connectivity index (χ0n) is 13.8. The summed E-state index contributed by atoms with van der Waals surface area (Å²) in [6, 6.07) is 7.75. The van der Waals surface area contributed by atoms with Gasteiger partial charge in [0.25, 0.3) is 0 Å². The van der Waals surface area contributed by atoms with Gasteiger partial charge in [0.15, 0.2) is 5.78 Å². The van der Waals surface area contributed by atoms with Crippen LogP contribution in [0.1, 0.15) is 40.9 Å². The van der Waals surface area contributed by atoms with E-state index in [-0.39, 0.29) is 5.78 Å². The molecule has 2 aromatic rings. The summed E-state index contributed by atoms with van der Waals surface area (Å²) < 4.78 is 2.01. The minimum absolute atomic E-state index is 0.186. The van der Waals surface area contributed by atoms with Gasteiger partial charge in [-0.2, -0.15) is 0 Å². The van der Waals surface area contributed by atoms with E-state index < -0.39 is 0 Å². The van der Waals surface area contributed by atoms with Gasteiger partial charge in [-0.3, -0.25) is 9.69 Å². The van der Waals surface area contributed by atoms with Gasteiger partial charge in [0.1, 0.15) is 0 Å². The average molecular weight is 331 g/mol. The Hall–Kier alpha value is -1.58. The number of carbonyl (C=O) groups excluding carboxylic acids is 1. The Labute approximate surface area is 142 Å². The third-order valence-corrected chi connectivity index (χ3v) is 4.77. The van der Waals surface area contributed by atoms with Crippen molar-refractivity contribution in [1.29, 1.82) is 0 Å². The first kappa shape index (κ1) is 16.3. The van der Waals surface area contributed by atoms with Gasteiger partial charge in [-0.1, -0.05) is 18.0 Å². The maximum absolute atomic E-state index is 12.8. The van der Waals surface area contributed by atoms with E-state index in [2.05, 4.69) is 4.90 Å². The summed E-state index contributed by atoms with van der Waals surface area (Å²) in [5.41, 5.74) is 3.97. The number of hydrogen-bond donors (Lipinski definition) is 0. The molecule has 3 rings (SSSR count). The summed E-state index contributed by atoms with van der Waals surface area (Å²) in [6.45, 7) is 6.65. The Morgan fingerprint density at radius 2 is 1.78 bits per heavy atom. The summed E-state index contributed by atoms with van der Waals surface area (Å²) in [5.74, 6) is 0.186. The maximum atomic E-state index is 12.8. The molecule has 2 heterocycles. The zero-order valence-corrected chi connectivity index (χ0v) is 14.6. The quantitative estimate of drug-likeness (QED) is 0.775. The van der Waals surface area contributed by atoms with Crippen LogP contribution in [0.4, 0.5) is 0 Å². The van der Waals surface area contributed by atoms with Crippen LogP contribution in [-0.4, -0.2) is 34.9 Å². The van der Waals surface area contributed by atoms with Crippen LogP contribution in [0, 0.1) is 13.8 Å². The normalized spacial score (nSPS) is 15.8. The molecular formula is C19H23ClN2O. The lowest BCUT2D eigenvalue weighted by Gasteiger charge is -2.25. The van der Waals surface area contributed by atoms with E-state index in [1.54, 1.807) is 0 Å². The summed E-state index contributed by atoms with van der Waals surface area (Å²) in [5, 5.41) is 0.733. The minimum Gasteiger partial charge on any atom is -0.313 e. The molecule has 4 heteroatoms.